The summed E-state index contributed by atoms with van der Waals surface area (Å²) in [7, 11) is 0. The first-order valence-electron chi connectivity index (χ1n) is 11.0. The van der Waals surface area contributed by atoms with Gasteiger partial charge in [-0.2, -0.15) is 0 Å². The molecular formula is C24H34N4O4. The molecule has 8 nitrogen and oxygen atoms in total. The second kappa shape index (κ2) is 12.2. The lowest BCUT2D eigenvalue weighted by Crippen LogP contribution is -2.55. The van der Waals surface area contributed by atoms with Gasteiger partial charge in [-0.1, -0.05) is 56.3 Å². The summed E-state index contributed by atoms with van der Waals surface area (Å²) in [6.45, 7) is 3.88. The maximum absolute atomic E-state index is 12.8. The molecule has 0 aromatic heterocycles. The number of hydrogen-bond acceptors (Lipinski definition) is 5. The molecule has 7 N–H and O–H groups in total. The Bertz CT molecular complexity index is 931. The van der Waals surface area contributed by atoms with Crippen molar-refractivity contribution in [3.05, 3.63) is 48.0 Å². The average molecular weight is 443 g/mol. The van der Waals surface area contributed by atoms with Gasteiger partial charge in [0.1, 0.15) is 12.1 Å². The summed E-state index contributed by atoms with van der Waals surface area (Å²) in [5, 5.41) is 16.8. The maximum atomic E-state index is 12.8. The van der Waals surface area contributed by atoms with E-state index in [2.05, 4.69) is 10.6 Å². The first-order valence-corrected chi connectivity index (χ1v) is 11.0. The topological polar surface area (TPSA) is 148 Å². The fourth-order valence-corrected chi connectivity index (χ4v) is 3.52. The van der Waals surface area contributed by atoms with Gasteiger partial charge in [0, 0.05) is 0 Å². The van der Waals surface area contributed by atoms with Crippen LogP contribution in [0.4, 0.5) is 0 Å². The lowest BCUT2D eigenvalue weighted by molar-refractivity contribution is -0.143. The van der Waals surface area contributed by atoms with E-state index in [0.29, 0.717) is 32.2 Å². The summed E-state index contributed by atoms with van der Waals surface area (Å²) in [6.07, 6.45) is 1.98. The highest BCUT2D eigenvalue weighted by molar-refractivity contribution is 5.92. The van der Waals surface area contributed by atoms with Crippen molar-refractivity contribution in [1.82, 2.24) is 10.6 Å². The average Bonchev–Trinajstić information content (AvgIpc) is 2.76. The minimum Gasteiger partial charge on any atom is -0.480 e. The van der Waals surface area contributed by atoms with Crippen molar-refractivity contribution in [2.45, 2.75) is 57.7 Å². The molecule has 0 unspecified atom stereocenters. The van der Waals surface area contributed by atoms with E-state index in [0.717, 1.165) is 16.3 Å². The molecule has 0 aliphatic heterocycles. The van der Waals surface area contributed by atoms with Gasteiger partial charge >= 0.3 is 5.97 Å². The Morgan fingerprint density at radius 3 is 2.28 bits per heavy atom. The van der Waals surface area contributed by atoms with Crippen LogP contribution in [0.2, 0.25) is 0 Å². The summed E-state index contributed by atoms with van der Waals surface area (Å²) in [6, 6.07) is 11.1. The molecule has 2 rings (SSSR count). The zero-order chi connectivity index (χ0) is 23.7. The fourth-order valence-electron chi connectivity index (χ4n) is 3.52. The van der Waals surface area contributed by atoms with E-state index in [-0.39, 0.29) is 5.92 Å². The number of carboxylic acid groups (broad SMARTS) is 1. The number of carbonyl (C=O) groups is 3. The Morgan fingerprint density at radius 1 is 0.969 bits per heavy atom. The quantitative estimate of drug-likeness (QED) is 0.315. The molecule has 0 fully saturated rings. The molecule has 0 bridgehead atoms. The number of benzene rings is 2. The van der Waals surface area contributed by atoms with Gasteiger partial charge in [0.25, 0.3) is 0 Å². The zero-order valence-corrected chi connectivity index (χ0v) is 18.7. The lowest BCUT2D eigenvalue weighted by Gasteiger charge is -2.24. The summed E-state index contributed by atoms with van der Waals surface area (Å²) < 4.78 is 0. The standard InChI is InChI=1S/C24H34N4O4/c1-15(2)21(24(31)32)28-23(30)20(9-5-6-12-25)27-22(29)19(26)14-16-10-11-17-7-3-4-8-18(17)13-16/h3-4,7-8,10-11,13,15,19-21H,5-6,9,12,14,25-26H2,1-2H3,(H,27,29)(H,28,30)(H,31,32)/t19-,20-,21-/m0/s1. The molecular weight excluding hydrogens is 408 g/mol. The van der Waals surface area contributed by atoms with E-state index in [1.54, 1.807) is 13.8 Å². The predicted molar refractivity (Wildman–Crippen MR) is 125 cm³/mol. The SMILES string of the molecule is CC(C)[C@H](NC(=O)[C@H](CCCCN)NC(=O)[C@@H](N)Cc1ccc2ccccc2c1)C(=O)O. The van der Waals surface area contributed by atoms with Crippen molar-refractivity contribution in [2.24, 2.45) is 17.4 Å². The van der Waals surface area contributed by atoms with Crippen molar-refractivity contribution in [3.8, 4) is 0 Å². The van der Waals surface area contributed by atoms with E-state index in [4.69, 9.17) is 11.5 Å². The third kappa shape index (κ3) is 7.32. The highest BCUT2D eigenvalue weighted by atomic mass is 16.4. The van der Waals surface area contributed by atoms with Gasteiger partial charge in [0.05, 0.1) is 6.04 Å². The number of carboxylic acids is 1. The third-order valence-corrected chi connectivity index (χ3v) is 5.42. The number of amides is 2. The molecule has 2 amide bonds. The summed E-state index contributed by atoms with van der Waals surface area (Å²) in [5.41, 5.74) is 12.6. The van der Waals surface area contributed by atoms with Crippen LogP contribution in [-0.4, -0.2) is 47.6 Å². The molecule has 0 saturated carbocycles. The van der Waals surface area contributed by atoms with E-state index >= 15 is 0 Å². The monoisotopic (exact) mass is 442 g/mol. The van der Waals surface area contributed by atoms with Gasteiger partial charge in [-0.05, 0) is 54.5 Å². The maximum Gasteiger partial charge on any atom is 0.326 e. The number of rotatable bonds is 12. The molecule has 0 aliphatic rings. The Balaban J connectivity index is 2.06. The van der Waals surface area contributed by atoms with Crippen LogP contribution < -0.4 is 22.1 Å². The fraction of sp³-hybridized carbons (Fsp3) is 0.458. The summed E-state index contributed by atoms with van der Waals surface area (Å²) >= 11 is 0. The molecule has 0 radical (unpaired) electrons. The summed E-state index contributed by atoms with van der Waals surface area (Å²) in [4.78, 5) is 37.0. The van der Waals surface area contributed by atoms with Gasteiger partial charge in [-0.15, -0.1) is 0 Å². The number of nitrogens with two attached hydrogens (primary N) is 2. The van der Waals surface area contributed by atoms with E-state index < -0.39 is 35.9 Å². The molecule has 0 spiro atoms. The molecule has 2 aromatic carbocycles. The van der Waals surface area contributed by atoms with Crippen LogP contribution in [0.25, 0.3) is 10.8 Å². The van der Waals surface area contributed by atoms with Crippen LogP contribution in [0.15, 0.2) is 42.5 Å². The summed E-state index contributed by atoms with van der Waals surface area (Å²) in [5.74, 6) is -2.41. The molecule has 3 atom stereocenters. The van der Waals surface area contributed by atoms with Crippen molar-refractivity contribution in [2.75, 3.05) is 6.54 Å². The number of hydrogen-bond donors (Lipinski definition) is 5. The first kappa shape index (κ1) is 25.3. The van der Waals surface area contributed by atoms with Gasteiger partial charge in [-0.3, -0.25) is 9.59 Å². The van der Waals surface area contributed by atoms with E-state index in [1.165, 1.54) is 0 Å². The molecule has 0 heterocycles. The van der Waals surface area contributed by atoms with Crippen molar-refractivity contribution < 1.29 is 19.5 Å². The number of nitrogens with one attached hydrogen (secondary N) is 2. The van der Waals surface area contributed by atoms with Gasteiger partial charge in [0.2, 0.25) is 11.8 Å². The number of aliphatic carboxylic acids is 1. The lowest BCUT2D eigenvalue weighted by atomic mass is 10.0. The van der Waals surface area contributed by atoms with Crippen LogP contribution >= 0.6 is 0 Å². The largest absolute Gasteiger partial charge is 0.480 e. The molecule has 2 aromatic rings. The van der Waals surface area contributed by atoms with Crippen molar-refractivity contribution in [3.63, 3.8) is 0 Å². The third-order valence-electron chi connectivity index (χ3n) is 5.42. The highest BCUT2D eigenvalue weighted by Crippen LogP contribution is 2.16. The van der Waals surface area contributed by atoms with Crippen LogP contribution in [0.5, 0.6) is 0 Å². The second-order valence-electron chi connectivity index (χ2n) is 8.41. The Morgan fingerprint density at radius 2 is 1.66 bits per heavy atom. The highest BCUT2D eigenvalue weighted by Gasteiger charge is 2.29. The van der Waals surface area contributed by atoms with Crippen LogP contribution in [0, 0.1) is 5.92 Å². The predicted octanol–water partition coefficient (Wildman–Crippen LogP) is 1.55. The van der Waals surface area contributed by atoms with Crippen LogP contribution in [0.3, 0.4) is 0 Å². The Labute approximate surface area is 188 Å². The smallest absolute Gasteiger partial charge is 0.326 e. The molecule has 32 heavy (non-hydrogen) atoms. The minimum atomic E-state index is -1.12. The normalized spacial score (nSPS) is 14.0. The second-order valence-corrected chi connectivity index (χ2v) is 8.41. The van der Waals surface area contributed by atoms with Crippen LogP contribution in [0.1, 0.15) is 38.7 Å². The molecule has 0 aliphatic carbocycles. The van der Waals surface area contributed by atoms with Crippen LogP contribution in [-0.2, 0) is 20.8 Å². The van der Waals surface area contributed by atoms with Gasteiger partial charge < -0.3 is 27.2 Å². The van der Waals surface area contributed by atoms with Gasteiger partial charge in [-0.25, -0.2) is 4.79 Å². The van der Waals surface area contributed by atoms with E-state index in [9.17, 15) is 19.5 Å². The molecule has 174 valence electrons. The first-order chi connectivity index (χ1) is 15.2. The Kier molecular flexibility index (Phi) is 9.61. The van der Waals surface area contributed by atoms with Gasteiger partial charge in [0.15, 0.2) is 0 Å². The Hall–Kier alpha value is -2.97. The molecule has 8 heteroatoms. The number of unbranched alkanes of at least 4 members (excludes halogenated alkanes) is 1. The van der Waals surface area contributed by atoms with Crippen molar-refractivity contribution in [1.29, 1.82) is 0 Å². The zero-order valence-electron chi connectivity index (χ0n) is 18.7. The minimum absolute atomic E-state index is 0.299. The number of fused-ring (bicyclic) bond motifs is 1. The molecule has 0 saturated heterocycles. The van der Waals surface area contributed by atoms with Crippen molar-refractivity contribution >= 4 is 28.6 Å². The number of carbonyl (C=O) groups excluding carboxylic acids is 2. The van der Waals surface area contributed by atoms with E-state index in [1.807, 2.05) is 42.5 Å².